The summed E-state index contributed by atoms with van der Waals surface area (Å²) < 4.78 is 12.6. The topological polar surface area (TPSA) is 42.4 Å². The van der Waals surface area contributed by atoms with Crippen LogP contribution in [0.2, 0.25) is 0 Å². The predicted octanol–water partition coefficient (Wildman–Crippen LogP) is 14.0. The highest BCUT2D eigenvalue weighted by Crippen LogP contribution is 2.46. The largest absolute Gasteiger partial charge is 0.456 e. The highest BCUT2D eigenvalue weighted by molar-refractivity contribution is 6.15. The molecule has 0 unspecified atom stereocenters. The third-order valence-electron chi connectivity index (χ3n) is 10.4. The molecule has 0 fully saturated rings. The van der Waals surface area contributed by atoms with E-state index in [4.69, 9.17) is 13.8 Å². The monoisotopic (exact) mass is 678 g/mol. The minimum atomic E-state index is 0.799. The van der Waals surface area contributed by atoms with Gasteiger partial charge >= 0.3 is 0 Å². The van der Waals surface area contributed by atoms with Crippen molar-refractivity contribution in [1.29, 1.82) is 0 Å². The van der Waals surface area contributed by atoms with Crippen LogP contribution < -0.4 is 4.90 Å². The van der Waals surface area contributed by atoms with Crippen molar-refractivity contribution in [3.8, 4) is 22.3 Å². The Bertz CT molecular complexity index is 3180. The highest BCUT2D eigenvalue weighted by Gasteiger charge is 2.22. The molecule has 0 aliphatic rings. The van der Waals surface area contributed by atoms with Gasteiger partial charge in [0, 0.05) is 27.2 Å². The molecule has 0 saturated heterocycles. The molecule has 8 aromatic carbocycles. The Balaban J connectivity index is 1.08. The molecule has 3 heterocycles. The molecule has 0 bridgehead atoms. The van der Waals surface area contributed by atoms with Gasteiger partial charge in [-0.15, -0.1) is 0 Å². The van der Waals surface area contributed by atoms with Crippen molar-refractivity contribution in [1.82, 2.24) is 4.98 Å². The second-order valence-electron chi connectivity index (χ2n) is 13.5. The summed E-state index contributed by atoms with van der Waals surface area (Å²) >= 11 is 0. The van der Waals surface area contributed by atoms with Gasteiger partial charge in [-0.1, -0.05) is 115 Å². The first-order chi connectivity index (χ1) is 26.3. The van der Waals surface area contributed by atoms with E-state index in [1.165, 1.54) is 21.9 Å². The van der Waals surface area contributed by atoms with Crippen molar-refractivity contribution in [3.63, 3.8) is 0 Å². The summed E-state index contributed by atoms with van der Waals surface area (Å²) in [6.45, 7) is 0. The third kappa shape index (κ3) is 4.73. The number of para-hydroxylation sites is 2. The van der Waals surface area contributed by atoms with Crippen LogP contribution in [0.1, 0.15) is 0 Å². The van der Waals surface area contributed by atoms with Crippen molar-refractivity contribution in [2.75, 3.05) is 4.90 Å². The molecule has 0 N–H and O–H groups in total. The Kier molecular flexibility index (Phi) is 6.52. The summed E-state index contributed by atoms with van der Waals surface area (Å²) in [6, 6.07) is 64.0. The van der Waals surface area contributed by atoms with Crippen LogP contribution in [0.5, 0.6) is 0 Å². The lowest BCUT2D eigenvalue weighted by Crippen LogP contribution is -2.11. The van der Waals surface area contributed by atoms with Gasteiger partial charge in [0.2, 0.25) is 0 Å². The molecule has 0 amide bonds. The van der Waals surface area contributed by atoms with E-state index in [9.17, 15) is 0 Å². The van der Waals surface area contributed by atoms with E-state index in [0.717, 1.165) is 83.1 Å². The summed E-state index contributed by atoms with van der Waals surface area (Å²) in [5, 5.41) is 6.63. The van der Waals surface area contributed by atoms with Gasteiger partial charge in [0.1, 0.15) is 22.3 Å². The maximum atomic E-state index is 6.40. The van der Waals surface area contributed by atoms with Gasteiger partial charge in [0.15, 0.2) is 5.58 Å². The first-order valence-electron chi connectivity index (χ1n) is 17.9. The van der Waals surface area contributed by atoms with Gasteiger partial charge in [-0.3, -0.25) is 0 Å². The molecule has 0 aliphatic heterocycles. The van der Waals surface area contributed by atoms with Crippen molar-refractivity contribution in [2.45, 2.75) is 0 Å². The SMILES string of the molecule is c1ccc(-c2ccc(N(c3ccc(-c4ccc5nc6c(cc5c4)oc4ccccc46)cc3)c3cccc4oc5ccccc5c34)c3ccccc23)cc1. The summed E-state index contributed by atoms with van der Waals surface area (Å²) in [4.78, 5) is 7.37. The molecule has 0 atom stereocenters. The van der Waals surface area contributed by atoms with E-state index >= 15 is 0 Å². The van der Waals surface area contributed by atoms with Gasteiger partial charge < -0.3 is 13.7 Å². The standard InChI is InChI=1S/C49H30N2O2/c1-2-11-32(12-3-1)36-26-28-42(38-14-5-4-13-37(36)38)51(43-17-10-20-46-48(43)39-15-6-8-18-44(39)52-46)35-24-21-31(22-25-35)33-23-27-41-34(29-33)30-47-49(50-41)40-16-7-9-19-45(40)53-47/h1-30H. The molecule has 0 spiro atoms. The molecular formula is C49H30N2O2. The Labute approximate surface area is 304 Å². The highest BCUT2D eigenvalue weighted by atomic mass is 16.3. The van der Waals surface area contributed by atoms with Crippen LogP contribution in [-0.2, 0) is 0 Å². The number of nitrogens with zero attached hydrogens (tertiary/aromatic N) is 2. The van der Waals surface area contributed by atoms with Crippen LogP contribution >= 0.6 is 0 Å². The average Bonchev–Trinajstić information content (AvgIpc) is 3.79. The molecule has 11 rings (SSSR count). The average molecular weight is 679 g/mol. The Morgan fingerprint density at radius 3 is 1.89 bits per heavy atom. The lowest BCUT2D eigenvalue weighted by atomic mass is 9.96. The second-order valence-corrected chi connectivity index (χ2v) is 13.5. The van der Waals surface area contributed by atoms with Crippen molar-refractivity contribution in [3.05, 3.63) is 182 Å². The van der Waals surface area contributed by atoms with E-state index in [1.807, 2.05) is 30.3 Å². The molecule has 0 radical (unpaired) electrons. The molecule has 3 aromatic heterocycles. The zero-order valence-corrected chi connectivity index (χ0v) is 28.5. The van der Waals surface area contributed by atoms with Gasteiger partial charge in [-0.25, -0.2) is 4.98 Å². The number of hydrogen-bond donors (Lipinski definition) is 0. The maximum Gasteiger partial charge on any atom is 0.154 e. The van der Waals surface area contributed by atoms with Gasteiger partial charge in [-0.05, 0) is 94.4 Å². The fourth-order valence-electron chi connectivity index (χ4n) is 7.98. The molecule has 4 nitrogen and oxygen atoms in total. The number of benzene rings is 8. The zero-order chi connectivity index (χ0) is 34.9. The molecule has 4 heteroatoms. The van der Waals surface area contributed by atoms with Crippen LogP contribution in [0.4, 0.5) is 17.1 Å². The zero-order valence-electron chi connectivity index (χ0n) is 28.5. The van der Waals surface area contributed by atoms with Crippen LogP contribution in [0.3, 0.4) is 0 Å². The Morgan fingerprint density at radius 1 is 0.396 bits per heavy atom. The van der Waals surface area contributed by atoms with Crippen LogP contribution in [-0.4, -0.2) is 4.98 Å². The number of furan rings is 2. The number of aromatic nitrogens is 1. The van der Waals surface area contributed by atoms with Crippen LogP contribution in [0.15, 0.2) is 191 Å². The molecule has 0 aliphatic carbocycles. The fraction of sp³-hybridized carbons (Fsp3) is 0. The number of fused-ring (bicyclic) bond motifs is 8. The minimum absolute atomic E-state index is 0.799. The predicted molar refractivity (Wildman–Crippen MR) is 219 cm³/mol. The third-order valence-corrected chi connectivity index (χ3v) is 10.4. The first-order valence-corrected chi connectivity index (χ1v) is 17.9. The number of rotatable bonds is 5. The lowest BCUT2D eigenvalue weighted by molar-refractivity contribution is 0.668. The Morgan fingerprint density at radius 2 is 1.06 bits per heavy atom. The fourth-order valence-corrected chi connectivity index (χ4v) is 7.98. The number of anilines is 3. The van der Waals surface area contributed by atoms with E-state index < -0.39 is 0 Å². The summed E-state index contributed by atoms with van der Waals surface area (Å²) in [7, 11) is 0. The Hall–Kier alpha value is -7.17. The normalized spacial score (nSPS) is 11.8. The minimum Gasteiger partial charge on any atom is -0.456 e. The van der Waals surface area contributed by atoms with Gasteiger partial charge in [-0.2, -0.15) is 0 Å². The molecule has 0 saturated carbocycles. The summed E-state index contributed by atoms with van der Waals surface area (Å²) in [6.07, 6.45) is 0. The second kappa shape index (κ2) is 11.7. The molecule has 53 heavy (non-hydrogen) atoms. The van der Waals surface area contributed by atoms with Gasteiger partial charge in [0.25, 0.3) is 0 Å². The quantitative estimate of drug-likeness (QED) is 0.182. The van der Waals surface area contributed by atoms with Gasteiger partial charge in [0.05, 0.1) is 22.3 Å². The smallest absolute Gasteiger partial charge is 0.154 e. The first kappa shape index (κ1) is 29.5. The molecule has 11 aromatic rings. The van der Waals surface area contributed by atoms with E-state index in [-0.39, 0.29) is 0 Å². The number of pyridine rings is 1. The van der Waals surface area contributed by atoms with Crippen molar-refractivity contribution >= 4 is 82.7 Å². The van der Waals surface area contributed by atoms with E-state index in [2.05, 4.69) is 157 Å². The summed E-state index contributed by atoms with van der Waals surface area (Å²) in [5.41, 5.74) is 13.1. The lowest BCUT2D eigenvalue weighted by Gasteiger charge is -2.28. The van der Waals surface area contributed by atoms with E-state index in [1.54, 1.807) is 0 Å². The summed E-state index contributed by atoms with van der Waals surface area (Å²) in [5.74, 6) is 0. The molecular weight excluding hydrogens is 649 g/mol. The van der Waals surface area contributed by atoms with Crippen LogP contribution in [0.25, 0.3) is 87.9 Å². The molecule has 248 valence electrons. The maximum absolute atomic E-state index is 6.40. The van der Waals surface area contributed by atoms with Crippen LogP contribution in [0, 0.1) is 0 Å². The van der Waals surface area contributed by atoms with Crippen molar-refractivity contribution < 1.29 is 8.83 Å². The number of hydrogen-bond acceptors (Lipinski definition) is 4. The van der Waals surface area contributed by atoms with E-state index in [0.29, 0.717) is 0 Å². The van der Waals surface area contributed by atoms with Crippen molar-refractivity contribution in [2.24, 2.45) is 0 Å².